The fourth-order valence-corrected chi connectivity index (χ4v) is 2.57. The molecule has 0 saturated heterocycles. The minimum Gasteiger partial charge on any atom is -0.481 e. The van der Waals surface area contributed by atoms with E-state index in [0.717, 1.165) is 11.3 Å². The van der Waals surface area contributed by atoms with Crippen LogP contribution in [0.1, 0.15) is 36.4 Å². The molecule has 0 aromatic carbocycles. The summed E-state index contributed by atoms with van der Waals surface area (Å²) >= 11 is 1.70. The van der Waals surface area contributed by atoms with E-state index in [-0.39, 0.29) is 11.9 Å². The van der Waals surface area contributed by atoms with Gasteiger partial charge >= 0.3 is 12.0 Å². The van der Waals surface area contributed by atoms with Gasteiger partial charge in [0.2, 0.25) is 0 Å². The normalized spacial score (nSPS) is 11.9. The molecule has 1 atom stereocenters. The number of aryl methyl sites for hydroxylation is 1. The van der Waals surface area contributed by atoms with Crippen molar-refractivity contribution in [2.24, 2.45) is 5.92 Å². The molecule has 112 valence electrons. The number of nitrogens with one attached hydrogen (secondary N) is 2. The lowest BCUT2D eigenvalue weighted by Crippen LogP contribution is -2.35. The molecule has 1 aromatic rings. The van der Waals surface area contributed by atoms with E-state index in [1.54, 1.807) is 18.3 Å². The zero-order chi connectivity index (χ0) is 15.0. The highest BCUT2D eigenvalue weighted by molar-refractivity contribution is 7.11. The zero-order valence-electron chi connectivity index (χ0n) is 11.9. The van der Waals surface area contributed by atoms with Crippen LogP contribution in [0.25, 0.3) is 0 Å². The number of hydrogen-bond donors (Lipinski definition) is 3. The van der Waals surface area contributed by atoms with Crippen molar-refractivity contribution in [3.63, 3.8) is 0 Å². The van der Waals surface area contributed by atoms with Crippen molar-refractivity contribution in [1.82, 2.24) is 10.6 Å². The van der Waals surface area contributed by atoms with Crippen LogP contribution in [0.4, 0.5) is 4.79 Å². The van der Waals surface area contributed by atoms with Gasteiger partial charge in [0.25, 0.3) is 0 Å². The molecule has 1 rings (SSSR count). The van der Waals surface area contributed by atoms with E-state index in [9.17, 15) is 9.59 Å². The van der Waals surface area contributed by atoms with Crippen LogP contribution in [0, 0.1) is 5.92 Å². The lowest BCUT2D eigenvalue weighted by molar-refractivity contribution is -0.141. The van der Waals surface area contributed by atoms with Gasteiger partial charge in [0, 0.05) is 16.3 Å². The highest BCUT2D eigenvalue weighted by Gasteiger charge is 2.10. The summed E-state index contributed by atoms with van der Waals surface area (Å²) in [4.78, 5) is 24.6. The van der Waals surface area contributed by atoms with Crippen LogP contribution in [0.3, 0.4) is 0 Å². The Labute approximate surface area is 123 Å². The number of aliphatic carboxylic acids is 1. The molecule has 5 nitrogen and oxygen atoms in total. The average Bonchev–Trinajstić information content (AvgIpc) is 2.89. The van der Waals surface area contributed by atoms with Gasteiger partial charge in [-0.2, -0.15) is 0 Å². The molecule has 0 radical (unpaired) electrons. The standard InChI is InChI=1S/C14H22N2O3S/c1-3-11-6-7-12(20-11)9-16-14(19)15-8-4-5-10(2)13(17)18/h6-7,10H,3-5,8-9H2,1-2H3,(H,17,18)(H2,15,16,19). The van der Waals surface area contributed by atoms with Crippen molar-refractivity contribution in [2.45, 2.75) is 39.7 Å². The van der Waals surface area contributed by atoms with E-state index >= 15 is 0 Å². The number of carboxylic acids is 1. The van der Waals surface area contributed by atoms with Crippen LogP contribution < -0.4 is 10.6 Å². The minimum absolute atomic E-state index is 0.209. The number of urea groups is 1. The maximum absolute atomic E-state index is 11.5. The SMILES string of the molecule is CCc1ccc(CNC(=O)NCCCC(C)C(=O)O)s1. The fourth-order valence-electron chi connectivity index (χ4n) is 1.67. The number of carbonyl (C=O) groups excluding carboxylic acids is 1. The molecule has 0 saturated carbocycles. The Balaban J connectivity index is 2.13. The Morgan fingerprint density at radius 3 is 2.60 bits per heavy atom. The molecular formula is C14H22N2O3S. The van der Waals surface area contributed by atoms with E-state index in [1.807, 2.05) is 6.07 Å². The summed E-state index contributed by atoms with van der Waals surface area (Å²) in [6, 6.07) is 3.89. The molecule has 0 fully saturated rings. The third-order valence-corrected chi connectivity index (χ3v) is 4.24. The van der Waals surface area contributed by atoms with Gasteiger partial charge in [-0.3, -0.25) is 4.79 Å². The van der Waals surface area contributed by atoms with E-state index < -0.39 is 5.97 Å². The third kappa shape index (κ3) is 6.06. The zero-order valence-corrected chi connectivity index (χ0v) is 12.8. The highest BCUT2D eigenvalue weighted by atomic mass is 32.1. The first-order chi connectivity index (χ1) is 9.52. The number of hydrogen-bond acceptors (Lipinski definition) is 3. The first-order valence-corrected chi connectivity index (χ1v) is 7.66. The van der Waals surface area contributed by atoms with Crippen molar-refractivity contribution in [2.75, 3.05) is 6.54 Å². The molecule has 1 aromatic heterocycles. The summed E-state index contributed by atoms with van der Waals surface area (Å²) in [6.45, 7) is 4.80. The predicted molar refractivity (Wildman–Crippen MR) is 80.0 cm³/mol. The summed E-state index contributed by atoms with van der Waals surface area (Å²) in [5.41, 5.74) is 0. The largest absolute Gasteiger partial charge is 0.481 e. The second-order valence-corrected chi connectivity index (χ2v) is 5.97. The van der Waals surface area contributed by atoms with E-state index in [0.29, 0.717) is 25.9 Å². The predicted octanol–water partition coefficient (Wildman–Crippen LogP) is 2.61. The Morgan fingerprint density at radius 2 is 2.00 bits per heavy atom. The monoisotopic (exact) mass is 298 g/mol. The molecule has 0 bridgehead atoms. The van der Waals surface area contributed by atoms with Crippen molar-refractivity contribution >= 4 is 23.3 Å². The van der Waals surface area contributed by atoms with Crippen LogP contribution in [0.5, 0.6) is 0 Å². The number of thiophene rings is 1. The Hall–Kier alpha value is -1.56. The Morgan fingerprint density at radius 1 is 1.30 bits per heavy atom. The van der Waals surface area contributed by atoms with Gasteiger partial charge in [-0.15, -0.1) is 11.3 Å². The molecule has 6 heteroatoms. The highest BCUT2D eigenvalue weighted by Crippen LogP contribution is 2.16. The molecule has 20 heavy (non-hydrogen) atoms. The molecule has 0 aliphatic heterocycles. The minimum atomic E-state index is -0.793. The maximum atomic E-state index is 11.5. The van der Waals surface area contributed by atoms with E-state index in [4.69, 9.17) is 5.11 Å². The molecule has 2 amide bonds. The average molecular weight is 298 g/mol. The number of carboxylic acid groups (broad SMARTS) is 1. The van der Waals surface area contributed by atoms with E-state index in [1.165, 1.54) is 4.88 Å². The molecule has 0 spiro atoms. The number of rotatable bonds is 8. The number of carbonyl (C=O) groups is 2. The summed E-state index contributed by atoms with van der Waals surface area (Å²) in [7, 11) is 0. The van der Waals surface area contributed by atoms with Crippen LogP contribution in [-0.4, -0.2) is 23.7 Å². The smallest absolute Gasteiger partial charge is 0.315 e. The van der Waals surface area contributed by atoms with Gasteiger partial charge in [-0.25, -0.2) is 4.79 Å². The molecule has 3 N–H and O–H groups in total. The molecular weight excluding hydrogens is 276 g/mol. The lowest BCUT2D eigenvalue weighted by Gasteiger charge is -2.08. The molecule has 0 aliphatic carbocycles. The van der Waals surface area contributed by atoms with Crippen molar-refractivity contribution in [3.8, 4) is 0 Å². The van der Waals surface area contributed by atoms with Gasteiger partial charge in [-0.05, 0) is 31.4 Å². The lowest BCUT2D eigenvalue weighted by atomic mass is 10.1. The summed E-state index contributed by atoms with van der Waals surface area (Å²) < 4.78 is 0. The molecule has 1 heterocycles. The van der Waals surface area contributed by atoms with Crippen LogP contribution in [0.15, 0.2) is 12.1 Å². The molecule has 1 unspecified atom stereocenters. The van der Waals surface area contributed by atoms with Gasteiger partial charge in [0.15, 0.2) is 0 Å². The van der Waals surface area contributed by atoms with Gasteiger partial charge in [0.1, 0.15) is 0 Å². The van der Waals surface area contributed by atoms with Crippen molar-refractivity contribution < 1.29 is 14.7 Å². The van der Waals surface area contributed by atoms with Gasteiger partial charge in [-0.1, -0.05) is 13.8 Å². The van der Waals surface area contributed by atoms with Gasteiger partial charge < -0.3 is 15.7 Å². The number of amides is 2. The maximum Gasteiger partial charge on any atom is 0.315 e. The first-order valence-electron chi connectivity index (χ1n) is 6.85. The van der Waals surface area contributed by atoms with Crippen LogP contribution in [-0.2, 0) is 17.8 Å². The quantitative estimate of drug-likeness (QED) is 0.646. The second kappa shape index (κ2) is 8.58. The summed E-state index contributed by atoms with van der Waals surface area (Å²) in [5.74, 6) is -1.16. The van der Waals surface area contributed by atoms with Crippen molar-refractivity contribution in [1.29, 1.82) is 0 Å². The Bertz CT molecular complexity index is 445. The van der Waals surface area contributed by atoms with Crippen LogP contribution >= 0.6 is 11.3 Å². The van der Waals surface area contributed by atoms with Crippen LogP contribution in [0.2, 0.25) is 0 Å². The van der Waals surface area contributed by atoms with Crippen molar-refractivity contribution in [3.05, 3.63) is 21.9 Å². The third-order valence-electron chi connectivity index (χ3n) is 3.01. The summed E-state index contributed by atoms with van der Waals surface area (Å²) in [6.07, 6.45) is 2.25. The van der Waals surface area contributed by atoms with Gasteiger partial charge in [0.05, 0.1) is 12.5 Å². The van der Waals surface area contributed by atoms with E-state index in [2.05, 4.69) is 23.6 Å². The topological polar surface area (TPSA) is 78.4 Å². The fraction of sp³-hybridized carbons (Fsp3) is 0.571. The second-order valence-electron chi connectivity index (χ2n) is 4.71. The molecule has 0 aliphatic rings. The Kier molecular flexibility index (Phi) is 7.08. The first kappa shape index (κ1) is 16.5. The summed E-state index contributed by atoms with van der Waals surface area (Å²) in [5, 5.41) is 14.2.